The molecule has 0 saturated heterocycles. The Labute approximate surface area is 145 Å². The fourth-order valence-electron chi connectivity index (χ4n) is 2.07. The molecule has 0 spiro atoms. The number of benzene rings is 1. The number of nitrogens with zero attached hydrogens (tertiary/aromatic N) is 1. The molecule has 6 heteroatoms. The lowest BCUT2D eigenvalue weighted by Crippen LogP contribution is -2.39. The minimum atomic E-state index is 0.118. The Balaban J connectivity index is 2.04. The van der Waals surface area contributed by atoms with E-state index in [-0.39, 0.29) is 6.10 Å². The van der Waals surface area contributed by atoms with Gasteiger partial charge in [0, 0.05) is 33.9 Å². The summed E-state index contributed by atoms with van der Waals surface area (Å²) in [4.78, 5) is 4.18. The van der Waals surface area contributed by atoms with E-state index >= 15 is 0 Å². The molecule has 0 aliphatic heterocycles. The molecule has 2 N–H and O–H groups in total. The molecule has 0 bridgehead atoms. The number of nitrogens with one attached hydrogen (secondary N) is 2. The zero-order valence-electron chi connectivity index (χ0n) is 15.1. The van der Waals surface area contributed by atoms with Gasteiger partial charge in [-0.3, -0.25) is 4.99 Å². The van der Waals surface area contributed by atoms with Gasteiger partial charge in [0.2, 0.25) is 0 Å². The van der Waals surface area contributed by atoms with Crippen molar-refractivity contribution in [3.63, 3.8) is 0 Å². The van der Waals surface area contributed by atoms with E-state index in [2.05, 4.69) is 34.7 Å². The summed E-state index contributed by atoms with van der Waals surface area (Å²) in [6, 6.07) is 10.3. The molecule has 136 valence electrons. The average Bonchev–Trinajstić information content (AvgIpc) is 2.63. The Morgan fingerprint density at radius 3 is 2.50 bits per heavy atom. The fraction of sp³-hybridized carbons (Fsp3) is 0.611. The van der Waals surface area contributed by atoms with Crippen LogP contribution in [0.15, 0.2) is 35.3 Å². The Kier molecular flexibility index (Phi) is 11.7. The van der Waals surface area contributed by atoms with Crippen LogP contribution in [0.3, 0.4) is 0 Å². The van der Waals surface area contributed by atoms with E-state index in [0.29, 0.717) is 33.0 Å². The summed E-state index contributed by atoms with van der Waals surface area (Å²) in [5.41, 5.74) is 1.21. The van der Waals surface area contributed by atoms with Crippen LogP contribution in [-0.4, -0.2) is 59.6 Å². The maximum absolute atomic E-state index is 5.85. The van der Waals surface area contributed by atoms with Crippen molar-refractivity contribution < 1.29 is 14.2 Å². The van der Waals surface area contributed by atoms with Crippen LogP contribution < -0.4 is 10.6 Å². The van der Waals surface area contributed by atoms with Gasteiger partial charge in [-0.1, -0.05) is 30.3 Å². The normalized spacial score (nSPS) is 12.9. The first kappa shape index (κ1) is 20.4. The molecule has 0 amide bonds. The zero-order chi connectivity index (χ0) is 17.5. The van der Waals surface area contributed by atoms with E-state index in [0.717, 1.165) is 18.9 Å². The van der Waals surface area contributed by atoms with Crippen molar-refractivity contribution in [3.8, 4) is 0 Å². The number of methoxy groups -OCH3 is 1. The molecule has 6 nitrogen and oxygen atoms in total. The minimum absolute atomic E-state index is 0.118. The molecular formula is C18H31N3O3. The Bertz CT molecular complexity index is 440. The standard InChI is InChI=1S/C18H31N3O3/c1-16(17-8-5-4-6-9-17)24-12-7-10-20-18(19-2)21-11-13-23-15-14-22-3/h4-6,8-9,16H,7,10-15H2,1-3H3,(H2,19,20,21). The van der Waals surface area contributed by atoms with Crippen LogP contribution in [-0.2, 0) is 14.2 Å². The summed E-state index contributed by atoms with van der Waals surface area (Å²) in [5, 5.41) is 6.47. The molecule has 0 heterocycles. The van der Waals surface area contributed by atoms with Gasteiger partial charge in [0.25, 0.3) is 0 Å². The van der Waals surface area contributed by atoms with Crippen molar-refractivity contribution in [2.45, 2.75) is 19.4 Å². The summed E-state index contributed by atoms with van der Waals surface area (Å²) < 4.78 is 16.2. The number of hydrogen-bond acceptors (Lipinski definition) is 4. The van der Waals surface area contributed by atoms with E-state index < -0.39 is 0 Å². The van der Waals surface area contributed by atoms with E-state index in [1.165, 1.54) is 5.56 Å². The van der Waals surface area contributed by atoms with Crippen molar-refractivity contribution in [1.29, 1.82) is 0 Å². The van der Waals surface area contributed by atoms with Gasteiger partial charge >= 0.3 is 0 Å². The molecule has 1 atom stereocenters. The van der Waals surface area contributed by atoms with E-state index in [1.807, 2.05) is 18.2 Å². The van der Waals surface area contributed by atoms with Crippen LogP contribution in [0.25, 0.3) is 0 Å². The fourth-order valence-corrected chi connectivity index (χ4v) is 2.07. The highest BCUT2D eigenvalue weighted by molar-refractivity contribution is 5.79. The highest BCUT2D eigenvalue weighted by Gasteiger charge is 2.04. The van der Waals surface area contributed by atoms with Gasteiger partial charge in [-0.15, -0.1) is 0 Å². The van der Waals surface area contributed by atoms with Gasteiger partial charge in [0.05, 0.1) is 25.9 Å². The summed E-state index contributed by atoms with van der Waals surface area (Å²) in [7, 11) is 3.42. The van der Waals surface area contributed by atoms with E-state index in [4.69, 9.17) is 14.2 Å². The van der Waals surface area contributed by atoms with Crippen molar-refractivity contribution in [1.82, 2.24) is 10.6 Å². The van der Waals surface area contributed by atoms with Gasteiger partial charge in [-0.05, 0) is 18.9 Å². The highest BCUT2D eigenvalue weighted by Crippen LogP contribution is 2.15. The Morgan fingerprint density at radius 1 is 1.04 bits per heavy atom. The first-order chi connectivity index (χ1) is 11.8. The summed E-state index contributed by atoms with van der Waals surface area (Å²) in [6.07, 6.45) is 1.04. The molecule has 0 aromatic heterocycles. The SMILES string of the molecule is CN=C(NCCCOC(C)c1ccccc1)NCCOCCOC. The number of hydrogen-bond donors (Lipinski definition) is 2. The third-order valence-corrected chi connectivity index (χ3v) is 3.44. The number of guanidine groups is 1. The second kappa shape index (κ2) is 13.8. The maximum Gasteiger partial charge on any atom is 0.191 e. The molecule has 1 unspecified atom stereocenters. The maximum atomic E-state index is 5.85. The monoisotopic (exact) mass is 337 g/mol. The van der Waals surface area contributed by atoms with Gasteiger partial charge in [-0.25, -0.2) is 0 Å². The third-order valence-electron chi connectivity index (χ3n) is 3.44. The van der Waals surface area contributed by atoms with Crippen molar-refractivity contribution >= 4 is 5.96 Å². The second-order valence-electron chi connectivity index (χ2n) is 5.31. The van der Waals surface area contributed by atoms with Crippen molar-refractivity contribution in [3.05, 3.63) is 35.9 Å². The predicted octanol–water partition coefficient (Wildman–Crippen LogP) is 1.98. The van der Waals surface area contributed by atoms with Crippen molar-refractivity contribution in [2.24, 2.45) is 4.99 Å². The lowest BCUT2D eigenvalue weighted by atomic mass is 10.1. The number of ether oxygens (including phenoxy) is 3. The Hall–Kier alpha value is -1.63. The number of aliphatic imine (C=N–C) groups is 1. The molecule has 1 aromatic rings. The predicted molar refractivity (Wildman–Crippen MR) is 97.5 cm³/mol. The molecular weight excluding hydrogens is 306 g/mol. The summed E-state index contributed by atoms with van der Waals surface area (Å²) in [5.74, 6) is 0.779. The minimum Gasteiger partial charge on any atom is -0.382 e. The third kappa shape index (κ3) is 9.50. The van der Waals surface area contributed by atoms with Crippen LogP contribution in [0.2, 0.25) is 0 Å². The quantitative estimate of drug-likeness (QED) is 0.347. The topological polar surface area (TPSA) is 64.1 Å². The van der Waals surface area contributed by atoms with Crippen LogP contribution in [0.5, 0.6) is 0 Å². The molecule has 0 saturated carbocycles. The smallest absolute Gasteiger partial charge is 0.191 e. The molecule has 24 heavy (non-hydrogen) atoms. The zero-order valence-corrected chi connectivity index (χ0v) is 15.1. The van der Waals surface area contributed by atoms with Crippen molar-refractivity contribution in [2.75, 3.05) is 53.7 Å². The first-order valence-electron chi connectivity index (χ1n) is 8.45. The molecule has 0 radical (unpaired) electrons. The van der Waals surface area contributed by atoms with Gasteiger partial charge < -0.3 is 24.8 Å². The Morgan fingerprint density at radius 2 is 1.79 bits per heavy atom. The lowest BCUT2D eigenvalue weighted by Gasteiger charge is -2.15. The van der Waals surface area contributed by atoms with Crippen LogP contribution in [0.4, 0.5) is 0 Å². The van der Waals surface area contributed by atoms with Crippen LogP contribution in [0, 0.1) is 0 Å². The molecule has 1 rings (SSSR count). The van der Waals surface area contributed by atoms with E-state index in [9.17, 15) is 0 Å². The largest absolute Gasteiger partial charge is 0.382 e. The molecule has 1 aromatic carbocycles. The number of rotatable bonds is 12. The lowest BCUT2D eigenvalue weighted by molar-refractivity contribution is 0.0645. The second-order valence-corrected chi connectivity index (χ2v) is 5.31. The van der Waals surface area contributed by atoms with Crippen LogP contribution >= 0.6 is 0 Å². The van der Waals surface area contributed by atoms with Gasteiger partial charge in [0.1, 0.15) is 0 Å². The summed E-state index contributed by atoms with van der Waals surface area (Å²) in [6.45, 7) is 6.17. The highest BCUT2D eigenvalue weighted by atomic mass is 16.5. The molecule has 0 aliphatic carbocycles. The average molecular weight is 337 g/mol. The molecule has 0 fully saturated rings. The summed E-state index contributed by atoms with van der Waals surface area (Å²) >= 11 is 0. The van der Waals surface area contributed by atoms with Gasteiger partial charge in [-0.2, -0.15) is 0 Å². The molecule has 0 aliphatic rings. The van der Waals surface area contributed by atoms with Gasteiger partial charge in [0.15, 0.2) is 5.96 Å². The first-order valence-corrected chi connectivity index (χ1v) is 8.45. The van der Waals surface area contributed by atoms with E-state index in [1.54, 1.807) is 14.2 Å². The van der Waals surface area contributed by atoms with Crippen LogP contribution in [0.1, 0.15) is 25.0 Å².